The Balaban J connectivity index is 1.56. The van der Waals surface area contributed by atoms with E-state index in [-0.39, 0.29) is 5.92 Å². The van der Waals surface area contributed by atoms with Crippen molar-refractivity contribution in [2.45, 2.75) is 44.1 Å². The molecular formula is C27H29NO2. The Bertz CT molecular complexity index is 947. The summed E-state index contributed by atoms with van der Waals surface area (Å²) in [5.74, 6) is 1.93. The normalized spacial score (nSPS) is 15.4. The fraction of sp³-hybridized carbons (Fsp3) is 0.296. The van der Waals surface area contributed by atoms with E-state index in [1.54, 1.807) is 7.11 Å². The molecule has 0 radical (unpaired) electrons. The van der Waals surface area contributed by atoms with E-state index in [0.717, 1.165) is 36.3 Å². The van der Waals surface area contributed by atoms with Gasteiger partial charge in [0.05, 0.1) is 13.2 Å². The maximum atomic E-state index is 6.26. The van der Waals surface area contributed by atoms with Gasteiger partial charge in [-0.1, -0.05) is 48.6 Å². The van der Waals surface area contributed by atoms with E-state index >= 15 is 0 Å². The summed E-state index contributed by atoms with van der Waals surface area (Å²) >= 11 is 0. The number of pyridine rings is 1. The van der Waals surface area contributed by atoms with Crippen LogP contribution >= 0.6 is 0 Å². The van der Waals surface area contributed by atoms with E-state index in [0.29, 0.717) is 6.10 Å². The second kappa shape index (κ2) is 10.1. The Morgan fingerprint density at radius 3 is 2.47 bits per heavy atom. The van der Waals surface area contributed by atoms with Crippen LogP contribution in [0, 0.1) is 0 Å². The van der Waals surface area contributed by atoms with Crippen LogP contribution in [0.4, 0.5) is 0 Å². The molecule has 3 nitrogen and oxygen atoms in total. The number of rotatable bonds is 8. The SMILES string of the molecule is COc1ccc(/C=C/[C@H](Cc2ccncc2)c2ccccc2)cc1OC1CCCC1. The van der Waals surface area contributed by atoms with E-state index in [2.05, 4.69) is 71.7 Å². The van der Waals surface area contributed by atoms with E-state index in [1.165, 1.54) is 24.0 Å². The van der Waals surface area contributed by atoms with Crippen LogP contribution in [0.25, 0.3) is 6.08 Å². The summed E-state index contributed by atoms with van der Waals surface area (Å²) in [6, 6.07) is 21.0. The second-order valence-electron chi connectivity index (χ2n) is 7.87. The van der Waals surface area contributed by atoms with Crippen LogP contribution < -0.4 is 9.47 Å². The molecule has 0 spiro atoms. The van der Waals surface area contributed by atoms with Gasteiger partial charge >= 0.3 is 0 Å². The maximum Gasteiger partial charge on any atom is 0.162 e. The number of allylic oxidation sites excluding steroid dienone is 1. The van der Waals surface area contributed by atoms with Gasteiger partial charge in [0.1, 0.15) is 0 Å². The number of benzene rings is 2. The molecule has 1 aromatic heterocycles. The number of ether oxygens (including phenoxy) is 2. The van der Waals surface area contributed by atoms with Gasteiger partial charge in [0.15, 0.2) is 11.5 Å². The highest BCUT2D eigenvalue weighted by Gasteiger charge is 2.18. The maximum absolute atomic E-state index is 6.26. The van der Waals surface area contributed by atoms with Gasteiger partial charge in [-0.15, -0.1) is 0 Å². The minimum atomic E-state index is 0.287. The summed E-state index contributed by atoms with van der Waals surface area (Å²) in [5, 5.41) is 0. The molecule has 0 N–H and O–H groups in total. The first-order chi connectivity index (χ1) is 14.8. The molecule has 3 aromatic rings. The molecule has 1 heterocycles. The van der Waals surface area contributed by atoms with Gasteiger partial charge in [0, 0.05) is 18.3 Å². The molecule has 1 fully saturated rings. The third kappa shape index (κ3) is 5.29. The number of nitrogens with zero attached hydrogens (tertiary/aromatic N) is 1. The molecule has 0 bridgehead atoms. The lowest BCUT2D eigenvalue weighted by Crippen LogP contribution is -2.11. The third-order valence-electron chi connectivity index (χ3n) is 5.74. The zero-order valence-corrected chi connectivity index (χ0v) is 17.5. The first-order valence-electron chi connectivity index (χ1n) is 10.8. The lowest BCUT2D eigenvalue weighted by atomic mass is 9.91. The van der Waals surface area contributed by atoms with Gasteiger partial charge in [-0.2, -0.15) is 0 Å². The number of hydrogen-bond donors (Lipinski definition) is 0. The molecule has 0 amide bonds. The van der Waals surface area contributed by atoms with Crippen LogP contribution in [0.2, 0.25) is 0 Å². The topological polar surface area (TPSA) is 31.4 Å². The summed E-state index contributed by atoms with van der Waals surface area (Å²) in [6.07, 6.45) is 14.2. The monoisotopic (exact) mass is 399 g/mol. The summed E-state index contributed by atoms with van der Waals surface area (Å²) in [5.41, 5.74) is 3.71. The molecule has 1 aliphatic carbocycles. The van der Waals surface area contributed by atoms with Crippen molar-refractivity contribution in [3.63, 3.8) is 0 Å². The van der Waals surface area contributed by atoms with Crippen LogP contribution in [0.1, 0.15) is 48.3 Å². The van der Waals surface area contributed by atoms with Crippen molar-refractivity contribution in [2.24, 2.45) is 0 Å². The molecule has 0 unspecified atom stereocenters. The molecular weight excluding hydrogens is 370 g/mol. The van der Waals surface area contributed by atoms with Crippen molar-refractivity contribution in [2.75, 3.05) is 7.11 Å². The molecule has 30 heavy (non-hydrogen) atoms. The highest BCUT2D eigenvalue weighted by molar-refractivity contribution is 5.57. The van der Waals surface area contributed by atoms with Crippen LogP contribution in [0.5, 0.6) is 11.5 Å². The molecule has 1 atom stereocenters. The average molecular weight is 400 g/mol. The lowest BCUT2D eigenvalue weighted by Gasteiger charge is -2.17. The van der Waals surface area contributed by atoms with Crippen molar-refractivity contribution in [3.8, 4) is 11.5 Å². The zero-order valence-electron chi connectivity index (χ0n) is 17.5. The van der Waals surface area contributed by atoms with Gasteiger partial charge < -0.3 is 9.47 Å². The van der Waals surface area contributed by atoms with Gasteiger partial charge in [0.25, 0.3) is 0 Å². The smallest absolute Gasteiger partial charge is 0.162 e. The molecule has 1 saturated carbocycles. The van der Waals surface area contributed by atoms with Gasteiger partial charge in [-0.25, -0.2) is 0 Å². The van der Waals surface area contributed by atoms with Crippen molar-refractivity contribution < 1.29 is 9.47 Å². The molecule has 4 rings (SSSR count). The van der Waals surface area contributed by atoms with Crippen LogP contribution in [-0.4, -0.2) is 18.2 Å². The van der Waals surface area contributed by atoms with Crippen LogP contribution in [0.3, 0.4) is 0 Å². The van der Waals surface area contributed by atoms with Crippen molar-refractivity contribution >= 4 is 6.08 Å². The van der Waals surface area contributed by atoms with Crippen molar-refractivity contribution in [1.29, 1.82) is 0 Å². The molecule has 0 saturated heterocycles. The fourth-order valence-corrected chi connectivity index (χ4v) is 4.07. The average Bonchev–Trinajstić information content (AvgIpc) is 3.31. The van der Waals surface area contributed by atoms with Gasteiger partial charge in [-0.05, 0) is 73.1 Å². The number of methoxy groups -OCH3 is 1. The third-order valence-corrected chi connectivity index (χ3v) is 5.74. The Morgan fingerprint density at radius 1 is 0.967 bits per heavy atom. The fourth-order valence-electron chi connectivity index (χ4n) is 4.07. The molecule has 3 heteroatoms. The first kappa shape index (κ1) is 20.2. The zero-order chi connectivity index (χ0) is 20.6. The molecule has 154 valence electrons. The highest BCUT2D eigenvalue weighted by atomic mass is 16.5. The molecule has 2 aromatic carbocycles. The summed E-state index contributed by atoms with van der Waals surface area (Å²) < 4.78 is 11.8. The van der Waals surface area contributed by atoms with Crippen LogP contribution in [0.15, 0.2) is 79.1 Å². The molecule has 1 aliphatic rings. The minimum Gasteiger partial charge on any atom is -0.493 e. The largest absolute Gasteiger partial charge is 0.493 e. The van der Waals surface area contributed by atoms with Crippen molar-refractivity contribution in [1.82, 2.24) is 4.98 Å². The van der Waals surface area contributed by atoms with Gasteiger partial charge in [-0.3, -0.25) is 4.98 Å². The Labute approximate surface area is 179 Å². The van der Waals surface area contributed by atoms with Crippen molar-refractivity contribution in [3.05, 3.63) is 95.8 Å². The van der Waals surface area contributed by atoms with Crippen LogP contribution in [-0.2, 0) is 6.42 Å². The number of hydrogen-bond acceptors (Lipinski definition) is 3. The summed E-state index contributed by atoms with van der Waals surface area (Å²) in [4.78, 5) is 4.14. The Hall–Kier alpha value is -3.07. The highest BCUT2D eigenvalue weighted by Crippen LogP contribution is 2.33. The molecule has 0 aliphatic heterocycles. The van der Waals surface area contributed by atoms with E-state index in [4.69, 9.17) is 9.47 Å². The first-order valence-corrected chi connectivity index (χ1v) is 10.8. The second-order valence-corrected chi connectivity index (χ2v) is 7.87. The van der Waals surface area contributed by atoms with E-state index in [9.17, 15) is 0 Å². The predicted octanol–water partition coefficient (Wildman–Crippen LogP) is 6.45. The Morgan fingerprint density at radius 2 is 1.73 bits per heavy atom. The number of aromatic nitrogens is 1. The summed E-state index contributed by atoms with van der Waals surface area (Å²) in [6.45, 7) is 0. The minimum absolute atomic E-state index is 0.287. The summed E-state index contributed by atoms with van der Waals surface area (Å²) in [7, 11) is 1.70. The lowest BCUT2D eigenvalue weighted by molar-refractivity contribution is 0.201. The predicted molar refractivity (Wildman–Crippen MR) is 122 cm³/mol. The van der Waals surface area contributed by atoms with E-state index < -0.39 is 0 Å². The standard InChI is InChI=1S/C27H29NO2/c1-29-26-14-12-21(20-27(26)30-25-9-5-6-10-25)11-13-24(23-7-3-2-4-8-23)19-22-15-17-28-18-16-22/h2-4,7-8,11-18,20,24-25H,5-6,9-10,19H2,1H3/b13-11+/t24-/m1/s1. The quantitative estimate of drug-likeness (QED) is 0.436. The van der Waals surface area contributed by atoms with Gasteiger partial charge in [0.2, 0.25) is 0 Å². The van der Waals surface area contributed by atoms with E-state index in [1.807, 2.05) is 18.5 Å². The Kier molecular flexibility index (Phi) is 6.81.